The van der Waals surface area contributed by atoms with Gasteiger partial charge < -0.3 is 10.6 Å². The number of thioether (sulfide) groups is 1. The molecule has 0 saturated carbocycles. The zero-order valence-electron chi connectivity index (χ0n) is 18.6. The van der Waals surface area contributed by atoms with Crippen molar-refractivity contribution in [3.05, 3.63) is 83.9 Å². The number of sulfonamides is 1. The van der Waals surface area contributed by atoms with Crippen molar-refractivity contribution < 1.29 is 18.0 Å². The Morgan fingerprint density at radius 1 is 1.03 bits per heavy atom. The zero-order valence-corrected chi connectivity index (χ0v) is 20.2. The summed E-state index contributed by atoms with van der Waals surface area (Å²) in [4.78, 5) is 25.8. The summed E-state index contributed by atoms with van der Waals surface area (Å²) in [6.45, 7) is 0. The van der Waals surface area contributed by atoms with Crippen molar-refractivity contribution in [2.75, 3.05) is 16.9 Å². The Morgan fingerprint density at radius 2 is 1.82 bits per heavy atom. The number of rotatable bonds is 8. The maximum Gasteiger partial charge on any atom is 0.242 e. The van der Waals surface area contributed by atoms with E-state index in [9.17, 15) is 18.0 Å². The van der Waals surface area contributed by atoms with Gasteiger partial charge in [0.25, 0.3) is 0 Å². The first kappa shape index (κ1) is 24.0. The normalized spacial score (nSPS) is 14.1. The maximum absolute atomic E-state index is 13.3. The minimum atomic E-state index is -4.00. The number of anilines is 2. The third-order valence-electron chi connectivity index (χ3n) is 5.52. The predicted molar refractivity (Wildman–Crippen MR) is 135 cm³/mol. The van der Waals surface area contributed by atoms with Crippen molar-refractivity contribution in [3.8, 4) is 0 Å². The molecule has 0 bridgehead atoms. The van der Waals surface area contributed by atoms with Gasteiger partial charge in [0.2, 0.25) is 21.8 Å². The Kier molecular flexibility index (Phi) is 7.35. The molecule has 1 aliphatic rings. The molecular weight excluding hydrogens is 470 g/mol. The smallest absolute Gasteiger partial charge is 0.242 e. The molecule has 34 heavy (non-hydrogen) atoms. The van der Waals surface area contributed by atoms with Crippen molar-refractivity contribution in [1.82, 2.24) is 4.72 Å². The van der Waals surface area contributed by atoms with Crippen LogP contribution in [0.15, 0.2) is 82.6 Å². The van der Waals surface area contributed by atoms with Gasteiger partial charge >= 0.3 is 0 Å². The van der Waals surface area contributed by atoms with E-state index in [4.69, 9.17) is 0 Å². The number of aryl methyl sites for hydroxylation is 1. The van der Waals surface area contributed by atoms with Gasteiger partial charge in [0.05, 0.1) is 4.90 Å². The van der Waals surface area contributed by atoms with Crippen LogP contribution in [0, 0.1) is 0 Å². The monoisotopic (exact) mass is 495 g/mol. The van der Waals surface area contributed by atoms with E-state index < -0.39 is 22.0 Å². The fourth-order valence-electron chi connectivity index (χ4n) is 3.75. The van der Waals surface area contributed by atoms with E-state index in [2.05, 4.69) is 15.4 Å². The second-order valence-electron chi connectivity index (χ2n) is 7.95. The van der Waals surface area contributed by atoms with E-state index in [1.807, 2.05) is 54.8 Å². The van der Waals surface area contributed by atoms with Gasteiger partial charge in [-0.15, -0.1) is 11.8 Å². The summed E-state index contributed by atoms with van der Waals surface area (Å²) in [6, 6.07) is 20.2. The zero-order chi connectivity index (χ0) is 24.1. The number of hydrogen-bond acceptors (Lipinski definition) is 5. The summed E-state index contributed by atoms with van der Waals surface area (Å²) >= 11 is 1.55. The Balaban J connectivity index is 1.59. The maximum atomic E-state index is 13.3. The van der Waals surface area contributed by atoms with Gasteiger partial charge in [-0.05, 0) is 66.6 Å². The minimum Gasteiger partial charge on any atom is -0.326 e. The number of fused-ring (bicyclic) bond motifs is 1. The number of amides is 2. The standard InChI is InChI=1S/C25H25N3O4S2/c1-33-20-9-5-8-19(16-20)26-25(30)23(14-17-6-3-2-4-7-17)28-34(31,32)21-11-12-22-18(15-21)10-13-24(29)27-22/h2-9,11-12,15-16,23,28H,10,13-14H2,1H3,(H,26,30)(H,27,29)/t23-/m0/s1. The first-order valence-corrected chi connectivity index (χ1v) is 13.5. The van der Waals surface area contributed by atoms with Gasteiger partial charge in [0, 0.05) is 22.7 Å². The Hall–Kier alpha value is -3.14. The Bertz CT molecular complexity index is 1310. The molecule has 3 aromatic carbocycles. The van der Waals surface area contributed by atoms with Crippen LogP contribution in [0.5, 0.6) is 0 Å². The largest absolute Gasteiger partial charge is 0.326 e. The van der Waals surface area contributed by atoms with Gasteiger partial charge in [-0.2, -0.15) is 4.72 Å². The third-order valence-corrected chi connectivity index (χ3v) is 7.71. The van der Waals surface area contributed by atoms with E-state index in [1.165, 1.54) is 6.07 Å². The number of nitrogens with one attached hydrogen (secondary N) is 3. The number of carbonyl (C=O) groups excluding carboxylic acids is 2. The molecule has 176 valence electrons. The summed E-state index contributed by atoms with van der Waals surface area (Å²) in [5, 5.41) is 5.59. The average Bonchev–Trinajstić information content (AvgIpc) is 2.84. The highest BCUT2D eigenvalue weighted by Gasteiger charge is 2.27. The van der Waals surface area contributed by atoms with Crippen LogP contribution >= 0.6 is 11.8 Å². The molecule has 0 aliphatic carbocycles. The molecule has 0 unspecified atom stereocenters. The van der Waals surface area contributed by atoms with Crippen molar-refractivity contribution >= 4 is 45.0 Å². The highest BCUT2D eigenvalue weighted by molar-refractivity contribution is 7.98. The van der Waals surface area contributed by atoms with Crippen LogP contribution in [0.1, 0.15) is 17.5 Å². The van der Waals surface area contributed by atoms with Gasteiger partial charge in [-0.1, -0.05) is 36.4 Å². The lowest BCUT2D eigenvalue weighted by Gasteiger charge is -2.21. The molecule has 0 aromatic heterocycles. The summed E-state index contributed by atoms with van der Waals surface area (Å²) in [5.74, 6) is -0.540. The molecule has 3 aromatic rings. The molecule has 2 amide bonds. The Labute approximate surface area is 203 Å². The Morgan fingerprint density at radius 3 is 2.59 bits per heavy atom. The second-order valence-corrected chi connectivity index (χ2v) is 10.5. The molecule has 1 atom stereocenters. The van der Waals surface area contributed by atoms with Crippen LogP contribution < -0.4 is 15.4 Å². The first-order chi connectivity index (χ1) is 16.3. The molecule has 3 N–H and O–H groups in total. The number of hydrogen-bond donors (Lipinski definition) is 3. The van der Waals surface area contributed by atoms with Crippen LogP contribution in [0.4, 0.5) is 11.4 Å². The summed E-state index contributed by atoms with van der Waals surface area (Å²) in [6.07, 6.45) is 2.90. The molecular formula is C25H25N3O4S2. The predicted octanol–water partition coefficient (Wildman–Crippen LogP) is 3.82. The summed E-state index contributed by atoms with van der Waals surface area (Å²) in [7, 11) is -4.00. The van der Waals surface area contributed by atoms with Gasteiger partial charge in [-0.25, -0.2) is 8.42 Å². The van der Waals surface area contributed by atoms with E-state index in [-0.39, 0.29) is 17.2 Å². The van der Waals surface area contributed by atoms with Crippen molar-refractivity contribution in [2.45, 2.75) is 35.1 Å². The quantitative estimate of drug-likeness (QED) is 0.412. The summed E-state index contributed by atoms with van der Waals surface area (Å²) < 4.78 is 29.1. The molecule has 0 fully saturated rings. The van der Waals surface area contributed by atoms with E-state index in [1.54, 1.807) is 30.0 Å². The molecule has 0 spiro atoms. The minimum absolute atomic E-state index is 0.0534. The molecule has 0 saturated heterocycles. The summed E-state index contributed by atoms with van der Waals surface area (Å²) in [5.41, 5.74) is 2.79. The average molecular weight is 496 g/mol. The first-order valence-electron chi connectivity index (χ1n) is 10.8. The fraction of sp³-hybridized carbons (Fsp3) is 0.200. The SMILES string of the molecule is CSc1cccc(NC(=O)[C@H](Cc2ccccc2)NS(=O)(=O)c2ccc3c(c2)CCC(=O)N3)c1. The van der Waals surface area contributed by atoms with Crippen molar-refractivity contribution in [3.63, 3.8) is 0 Å². The van der Waals surface area contributed by atoms with Gasteiger partial charge in [-0.3, -0.25) is 9.59 Å². The third kappa shape index (κ3) is 5.85. The van der Waals surface area contributed by atoms with E-state index >= 15 is 0 Å². The molecule has 4 rings (SSSR count). The van der Waals surface area contributed by atoms with E-state index in [0.29, 0.717) is 24.2 Å². The van der Waals surface area contributed by atoms with Crippen molar-refractivity contribution in [2.24, 2.45) is 0 Å². The van der Waals surface area contributed by atoms with Crippen LogP contribution in [-0.4, -0.2) is 32.5 Å². The molecule has 0 radical (unpaired) electrons. The molecule has 1 heterocycles. The van der Waals surface area contributed by atoms with Crippen molar-refractivity contribution in [1.29, 1.82) is 0 Å². The van der Waals surface area contributed by atoms with Crippen LogP contribution in [-0.2, 0) is 32.5 Å². The van der Waals surface area contributed by atoms with Gasteiger partial charge in [0.1, 0.15) is 6.04 Å². The van der Waals surface area contributed by atoms with Crippen LogP contribution in [0.3, 0.4) is 0 Å². The lowest BCUT2D eigenvalue weighted by molar-refractivity contribution is -0.118. The van der Waals surface area contributed by atoms with Gasteiger partial charge in [0.15, 0.2) is 0 Å². The molecule has 1 aliphatic heterocycles. The van der Waals surface area contributed by atoms with E-state index in [0.717, 1.165) is 16.0 Å². The number of carbonyl (C=O) groups is 2. The molecule has 9 heteroatoms. The second kappa shape index (κ2) is 10.4. The lowest BCUT2D eigenvalue weighted by atomic mass is 10.0. The topological polar surface area (TPSA) is 104 Å². The van der Waals surface area contributed by atoms with Crippen LogP contribution in [0.2, 0.25) is 0 Å². The van der Waals surface area contributed by atoms with Crippen LogP contribution in [0.25, 0.3) is 0 Å². The lowest BCUT2D eigenvalue weighted by Crippen LogP contribution is -2.45. The fourth-order valence-corrected chi connectivity index (χ4v) is 5.46. The molecule has 7 nitrogen and oxygen atoms in total. The number of benzene rings is 3. The highest BCUT2D eigenvalue weighted by Crippen LogP contribution is 2.26. The highest BCUT2D eigenvalue weighted by atomic mass is 32.2.